The van der Waals surface area contributed by atoms with Gasteiger partial charge in [0.1, 0.15) is 5.69 Å². The standard InChI is InChI=1S/C15H22N4O2/c1-18(2)9-14(20)17-12-3-4-13-11-5-10(6-16-7-11)8-19(13)15(12)21/h3-4,10-11,16H,5-9H2,1-2H3,(H,17,20). The van der Waals surface area contributed by atoms with Gasteiger partial charge >= 0.3 is 0 Å². The van der Waals surface area contributed by atoms with Crippen LogP contribution in [0, 0.1) is 5.92 Å². The Labute approximate surface area is 124 Å². The lowest BCUT2D eigenvalue weighted by Gasteiger charge is -2.37. The lowest BCUT2D eigenvalue weighted by molar-refractivity contribution is -0.116. The predicted octanol–water partition coefficient (Wildman–Crippen LogP) is 0.0551. The van der Waals surface area contributed by atoms with E-state index in [1.54, 1.807) is 11.0 Å². The highest BCUT2D eigenvalue weighted by Gasteiger charge is 2.31. The van der Waals surface area contributed by atoms with Crippen molar-refractivity contribution in [1.29, 1.82) is 0 Å². The molecule has 1 aromatic rings. The zero-order valence-electron chi connectivity index (χ0n) is 12.6. The lowest BCUT2D eigenvalue weighted by Crippen LogP contribution is -2.45. The molecule has 2 N–H and O–H groups in total. The summed E-state index contributed by atoms with van der Waals surface area (Å²) in [4.78, 5) is 26.2. The van der Waals surface area contributed by atoms with Crippen molar-refractivity contribution in [3.05, 3.63) is 28.2 Å². The zero-order chi connectivity index (χ0) is 15.0. The van der Waals surface area contributed by atoms with Crippen LogP contribution in [0.4, 0.5) is 5.69 Å². The summed E-state index contributed by atoms with van der Waals surface area (Å²) >= 11 is 0. The van der Waals surface area contributed by atoms with Crippen LogP contribution >= 0.6 is 0 Å². The molecule has 2 unspecified atom stereocenters. The van der Waals surface area contributed by atoms with Gasteiger partial charge in [-0.25, -0.2) is 0 Å². The molecule has 1 fully saturated rings. The third-order valence-electron chi connectivity index (χ3n) is 4.24. The molecule has 3 heterocycles. The minimum absolute atomic E-state index is 0.0730. The highest BCUT2D eigenvalue weighted by molar-refractivity contribution is 5.92. The fourth-order valence-corrected chi connectivity index (χ4v) is 3.36. The van der Waals surface area contributed by atoms with E-state index in [0.717, 1.165) is 31.7 Å². The number of hydrogen-bond acceptors (Lipinski definition) is 4. The van der Waals surface area contributed by atoms with Gasteiger partial charge in [-0.3, -0.25) is 9.59 Å². The quantitative estimate of drug-likeness (QED) is 0.826. The SMILES string of the molecule is CN(C)CC(=O)Nc1ccc2n(c1=O)CC1CNCC2C1. The van der Waals surface area contributed by atoms with Crippen LogP contribution in [0.3, 0.4) is 0 Å². The van der Waals surface area contributed by atoms with Crippen LogP contribution in [0.5, 0.6) is 0 Å². The molecule has 6 nitrogen and oxygen atoms in total. The van der Waals surface area contributed by atoms with Gasteiger partial charge in [-0.1, -0.05) is 0 Å². The molecule has 0 radical (unpaired) electrons. The molecular formula is C15H22N4O2. The van der Waals surface area contributed by atoms with Crippen molar-refractivity contribution in [3.8, 4) is 0 Å². The molecule has 2 aliphatic rings. The van der Waals surface area contributed by atoms with Crippen molar-refractivity contribution in [3.63, 3.8) is 0 Å². The second-order valence-electron chi connectivity index (χ2n) is 6.33. The van der Waals surface area contributed by atoms with E-state index < -0.39 is 0 Å². The molecular weight excluding hydrogens is 268 g/mol. The van der Waals surface area contributed by atoms with Crippen LogP contribution in [0.15, 0.2) is 16.9 Å². The van der Waals surface area contributed by atoms with Crippen LogP contribution < -0.4 is 16.2 Å². The number of piperidine rings is 1. The van der Waals surface area contributed by atoms with E-state index in [4.69, 9.17) is 0 Å². The summed E-state index contributed by atoms with van der Waals surface area (Å²) < 4.78 is 1.85. The predicted molar refractivity (Wildman–Crippen MR) is 81.6 cm³/mol. The van der Waals surface area contributed by atoms with Gasteiger partial charge in [-0.05, 0) is 45.1 Å². The van der Waals surface area contributed by atoms with Gasteiger partial charge < -0.3 is 20.1 Å². The average Bonchev–Trinajstić information content (AvgIpc) is 2.42. The molecule has 1 aromatic heterocycles. The normalized spacial score (nSPS) is 23.8. The van der Waals surface area contributed by atoms with Gasteiger partial charge in [0.15, 0.2) is 0 Å². The van der Waals surface area contributed by atoms with Crippen LogP contribution in [-0.2, 0) is 11.3 Å². The molecule has 3 rings (SSSR count). The fourth-order valence-electron chi connectivity index (χ4n) is 3.36. The lowest BCUT2D eigenvalue weighted by atomic mass is 9.84. The van der Waals surface area contributed by atoms with E-state index in [9.17, 15) is 9.59 Å². The first kappa shape index (κ1) is 14.3. The molecule has 2 aliphatic heterocycles. The number of aromatic nitrogens is 1. The average molecular weight is 290 g/mol. The summed E-state index contributed by atoms with van der Waals surface area (Å²) in [5.74, 6) is 0.772. The summed E-state index contributed by atoms with van der Waals surface area (Å²) in [6.45, 7) is 2.92. The second kappa shape index (κ2) is 5.61. The maximum atomic E-state index is 12.6. The number of anilines is 1. The molecule has 6 heteroatoms. The van der Waals surface area contributed by atoms with Crippen LogP contribution in [0.25, 0.3) is 0 Å². The molecule has 0 aromatic carbocycles. The van der Waals surface area contributed by atoms with Crippen LogP contribution in [-0.4, -0.2) is 49.1 Å². The first-order valence-electron chi connectivity index (χ1n) is 7.43. The first-order valence-corrected chi connectivity index (χ1v) is 7.43. The topological polar surface area (TPSA) is 66.4 Å². The second-order valence-corrected chi connectivity index (χ2v) is 6.33. The van der Waals surface area contributed by atoms with Crippen LogP contribution in [0.2, 0.25) is 0 Å². The number of rotatable bonds is 3. The number of amides is 1. The molecule has 1 amide bonds. The maximum absolute atomic E-state index is 12.6. The first-order chi connectivity index (χ1) is 10.0. The Morgan fingerprint density at radius 2 is 2.24 bits per heavy atom. The Balaban J connectivity index is 1.87. The van der Waals surface area contributed by atoms with Gasteiger partial charge in [0.2, 0.25) is 5.91 Å². The molecule has 0 spiro atoms. The van der Waals surface area contributed by atoms with Gasteiger partial charge in [0.05, 0.1) is 6.54 Å². The smallest absolute Gasteiger partial charge is 0.274 e. The molecule has 2 atom stereocenters. The summed E-state index contributed by atoms with van der Waals surface area (Å²) in [5, 5.41) is 6.15. The Bertz CT molecular complexity index is 608. The van der Waals surface area contributed by atoms with Gasteiger partial charge in [0, 0.05) is 24.7 Å². The summed E-state index contributed by atoms with van der Waals surface area (Å²) in [7, 11) is 3.65. The number of likely N-dealkylation sites (N-methyl/N-ethyl adjacent to an activating group) is 1. The molecule has 114 valence electrons. The maximum Gasteiger partial charge on any atom is 0.274 e. The number of carbonyl (C=O) groups excluding carboxylic acids is 1. The number of fused-ring (bicyclic) bond motifs is 4. The Hall–Kier alpha value is -1.66. The molecule has 1 saturated heterocycles. The monoisotopic (exact) mass is 290 g/mol. The van der Waals surface area contributed by atoms with E-state index in [1.165, 1.54) is 0 Å². The number of nitrogens with zero attached hydrogens (tertiary/aromatic N) is 2. The number of hydrogen-bond donors (Lipinski definition) is 2. The zero-order valence-corrected chi connectivity index (χ0v) is 12.6. The fraction of sp³-hybridized carbons (Fsp3) is 0.600. The number of nitrogens with one attached hydrogen (secondary N) is 2. The van der Waals surface area contributed by atoms with E-state index in [2.05, 4.69) is 10.6 Å². The third kappa shape index (κ3) is 2.87. The molecule has 0 saturated carbocycles. The molecule has 2 bridgehead atoms. The van der Waals surface area contributed by atoms with E-state index in [-0.39, 0.29) is 18.0 Å². The highest BCUT2D eigenvalue weighted by atomic mass is 16.2. The summed E-state index contributed by atoms with van der Waals surface area (Å²) in [6.07, 6.45) is 1.15. The summed E-state index contributed by atoms with van der Waals surface area (Å²) in [5.41, 5.74) is 1.41. The van der Waals surface area contributed by atoms with E-state index in [1.807, 2.05) is 24.7 Å². The summed E-state index contributed by atoms with van der Waals surface area (Å²) in [6, 6.07) is 3.73. The Kier molecular flexibility index (Phi) is 3.82. The van der Waals surface area contributed by atoms with Gasteiger partial charge in [0.25, 0.3) is 5.56 Å². The van der Waals surface area contributed by atoms with E-state index >= 15 is 0 Å². The molecule has 21 heavy (non-hydrogen) atoms. The van der Waals surface area contributed by atoms with Crippen molar-refractivity contribution in [1.82, 2.24) is 14.8 Å². The van der Waals surface area contributed by atoms with Crippen molar-refractivity contribution in [2.75, 3.05) is 39.0 Å². The molecule has 0 aliphatic carbocycles. The third-order valence-corrected chi connectivity index (χ3v) is 4.24. The number of carbonyl (C=O) groups is 1. The van der Waals surface area contributed by atoms with Crippen molar-refractivity contribution < 1.29 is 4.79 Å². The Morgan fingerprint density at radius 3 is 3.00 bits per heavy atom. The Morgan fingerprint density at radius 1 is 1.43 bits per heavy atom. The van der Waals surface area contributed by atoms with Gasteiger partial charge in [-0.15, -0.1) is 0 Å². The largest absolute Gasteiger partial charge is 0.320 e. The van der Waals surface area contributed by atoms with Crippen LogP contribution in [0.1, 0.15) is 18.0 Å². The van der Waals surface area contributed by atoms with Crippen molar-refractivity contribution >= 4 is 11.6 Å². The van der Waals surface area contributed by atoms with Crippen molar-refractivity contribution in [2.24, 2.45) is 5.92 Å². The van der Waals surface area contributed by atoms with Crippen molar-refractivity contribution in [2.45, 2.75) is 18.9 Å². The highest BCUT2D eigenvalue weighted by Crippen LogP contribution is 2.31. The minimum Gasteiger partial charge on any atom is -0.320 e. The van der Waals surface area contributed by atoms with E-state index in [0.29, 0.717) is 17.5 Å². The van der Waals surface area contributed by atoms with Gasteiger partial charge in [-0.2, -0.15) is 0 Å². The number of pyridine rings is 1. The minimum atomic E-state index is -0.157.